The summed E-state index contributed by atoms with van der Waals surface area (Å²) < 4.78 is 6.83. The van der Waals surface area contributed by atoms with Gasteiger partial charge in [0.2, 0.25) is 11.1 Å². The van der Waals surface area contributed by atoms with Crippen LogP contribution in [0, 0.1) is 6.92 Å². The van der Waals surface area contributed by atoms with E-state index in [1.54, 1.807) is 13.0 Å². The Kier molecular flexibility index (Phi) is 5.27. The van der Waals surface area contributed by atoms with Gasteiger partial charge in [-0.25, -0.2) is 4.68 Å². The van der Waals surface area contributed by atoms with Gasteiger partial charge < -0.3 is 9.84 Å². The highest BCUT2D eigenvalue weighted by Crippen LogP contribution is 2.30. The number of carbonyl (C=O) groups is 1. The first-order valence-electron chi connectivity index (χ1n) is 7.86. The normalized spacial score (nSPS) is 15.7. The lowest BCUT2D eigenvalue weighted by Crippen LogP contribution is -2.16. The van der Waals surface area contributed by atoms with E-state index >= 15 is 0 Å². The van der Waals surface area contributed by atoms with Gasteiger partial charge in [-0.3, -0.25) is 4.79 Å². The van der Waals surface area contributed by atoms with Crippen molar-refractivity contribution in [3.8, 4) is 0 Å². The van der Waals surface area contributed by atoms with Gasteiger partial charge in [-0.2, -0.15) is 0 Å². The Bertz CT molecular complexity index is 649. The van der Waals surface area contributed by atoms with E-state index in [1.807, 2.05) is 4.68 Å². The quantitative estimate of drug-likeness (QED) is 0.809. The third kappa shape index (κ3) is 4.31. The van der Waals surface area contributed by atoms with E-state index in [0.29, 0.717) is 29.8 Å². The molecular formula is C14H20N6O2S. The zero-order valence-electron chi connectivity index (χ0n) is 13.1. The Morgan fingerprint density at radius 1 is 1.43 bits per heavy atom. The second kappa shape index (κ2) is 7.58. The Balaban J connectivity index is 1.47. The van der Waals surface area contributed by atoms with Gasteiger partial charge in [0.05, 0.1) is 6.04 Å². The van der Waals surface area contributed by atoms with Crippen molar-refractivity contribution >= 4 is 23.5 Å². The number of carbonyl (C=O) groups excluding carboxylic acids is 1. The predicted molar refractivity (Wildman–Crippen MR) is 85.1 cm³/mol. The standard InChI is InChI=1S/C14H20N6O2S/c1-10-9-12(17-22-10)15-13(21)7-8-23-14-16-18-19-20(14)11-5-3-2-4-6-11/h9,11H,2-8H2,1H3,(H,15,17,21). The van der Waals surface area contributed by atoms with Gasteiger partial charge in [-0.1, -0.05) is 36.2 Å². The highest BCUT2D eigenvalue weighted by atomic mass is 32.2. The third-order valence-corrected chi connectivity index (χ3v) is 4.77. The zero-order chi connectivity index (χ0) is 16.1. The summed E-state index contributed by atoms with van der Waals surface area (Å²) in [6, 6.07) is 2.09. The number of tetrazole rings is 1. The second-order valence-electron chi connectivity index (χ2n) is 5.67. The van der Waals surface area contributed by atoms with E-state index in [0.717, 1.165) is 18.0 Å². The van der Waals surface area contributed by atoms with Crippen LogP contribution in [0.5, 0.6) is 0 Å². The molecule has 8 nitrogen and oxygen atoms in total. The number of anilines is 1. The summed E-state index contributed by atoms with van der Waals surface area (Å²) in [5.41, 5.74) is 0. The van der Waals surface area contributed by atoms with Crippen LogP contribution in [0.2, 0.25) is 0 Å². The zero-order valence-corrected chi connectivity index (χ0v) is 13.9. The van der Waals surface area contributed by atoms with Gasteiger partial charge in [-0.15, -0.1) is 5.10 Å². The van der Waals surface area contributed by atoms with Gasteiger partial charge in [0.15, 0.2) is 5.82 Å². The minimum Gasteiger partial charge on any atom is -0.360 e. The topological polar surface area (TPSA) is 98.7 Å². The van der Waals surface area contributed by atoms with E-state index < -0.39 is 0 Å². The Morgan fingerprint density at radius 3 is 3.00 bits per heavy atom. The Hall–Kier alpha value is -1.90. The summed E-state index contributed by atoms with van der Waals surface area (Å²) in [5.74, 6) is 1.64. The number of aromatic nitrogens is 5. The smallest absolute Gasteiger partial charge is 0.226 e. The maximum Gasteiger partial charge on any atom is 0.226 e. The van der Waals surface area contributed by atoms with Crippen molar-refractivity contribution in [1.29, 1.82) is 0 Å². The van der Waals surface area contributed by atoms with Crippen LogP contribution in [0.4, 0.5) is 5.82 Å². The summed E-state index contributed by atoms with van der Waals surface area (Å²) in [7, 11) is 0. The lowest BCUT2D eigenvalue weighted by Gasteiger charge is -2.21. The van der Waals surface area contributed by atoms with Crippen molar-refractivity contribution < 1.29 is 9.32 Å². The fourth-order valence-corrected chi connectivity index (χ4v) is 3.58. The van der Waals surface area contributed by atoms with Crippen molar-refractivity contribution in [3.05, 3.63) is 11.8 Å². The molecule has 0 bridgehead atoms. The van der Waals surface area contributed by atoms with Crippen molar-refractivity contribution in [2.75, 3.05) is 11.1 Å². The largest absolute Gasteiger partial charge is 0.360 e. The average Bonchev–Trinajstić information content (AvgIpc) is 3.17. The summed E-state index contributed by atoms with van der Waals surface area (Å²) >= 11 is 1.51. The Morgan fingerprint density at radius 2 is 2.26 bits per heavy atom. The molecule has 2 heterocycles. The molecule has 1 N–H and O–H groups in total. The highest BCUT2D eigenvalue weighted by molar-refractivity contribution is 7.99. The molecular weight excluding hydrogens is 316 g/mol. The van der Waals surface area contributed by atoms with Crippen LogP contribution in [0.25, 0.3) is 0 Å². The van der Waals surface area contributed by atoms with E-state index in [-0.39, 0.29) is 5.91 Å². The lowest BCUT2D eigenvalue weighted by molar-refractivity contribution is -0.115. The predicted octanol–water partition coefficient (Wildman–Crippen LogP) is 2.60. The number of nitrogens with zero attached hydrogens (tertiary/aromatic N) is 5. The summed E-state index contributed by atoms with van der Waals surface area (Å²) in [6.45, 7) is 1.78. The van der Waals surface area contributed by atoms with Crippen LogP contribution in [-0.2, 0) is 4.79 Å². The number of thioether (sulfide) groups is 1. The maximum absolute atomic E-state index is 11.9. The van der Waals surface area contributed by atoms with Crippen molar-refractivity contribution in [1.82, 2.24) is 25.4 Å². The number of hydrogen-bond acceptors (Lipinski definition) is 7. The molecule has 2 aromatic heterocycles. The molecule has 0 aromatic carbocycles. The highest BCUT2D eigenvalue weighted by Gasteiger charge is 2.20. The maximum atomic E-state index is 11.9. The molecule has 9 heteroatoms. The van der Waals surface area contributed by atoms with Crippen LogP contribution >= 0.6 is 11.8 Å². The molecule has 0 saturated heterocycles. The number of aryl methyl sites for hydroxylation is 1. The van der Waals surface area contributed by atoms with Crippen molar-refractivity contribution in [2.24, 2.45) is 0 Å². The molecule has 2 aromatic rings. The van der Waals surface area contributed by atoms with Crippen molar-refractivity contribution in [2.45, 2.75) is 56.6 Å². The minimum atomic E-state index is -0.0949. The molecule has 1 amide bonds. The van der Waals surface area contributed by atoms with Crippen LogP contribution in [0.3, 0.4) is 0 Å². The molecule has 0 aliphatic heterocycles. The first-order valence-corrected chi connectivity index (χ1v) is 8.85. The van der Waals surface area contributed by atoms with E-state index in [1.165, 1.54) is 31.0 Å². The Labute approximate surface area is 138 Å². The molecule has 1 aliphatic rings. The average molecular weight is 336 g/mol. The molecule has 0 spiro atoms. The molecule has 1 fully saturated rings. The first kappa shape index (κ1) is 16.0. The number of amides is 1. The van der Waals surface area contributed by atoms with Gasteiger partial charge >= 0.3 is 0 Å². The summed E-state index contributed by atoms with van der Waals surface area (Å²) in [5, 5.41) is 19.2. The molecule has 0 unspecified atom stereocenters. The van der Waals surface area contributed by atoms with E-state index in [2.05, 4.69) is 26.0 Å². The van der Waals surface area contributed by atoms with E-state index in [4.69, 9.17) is 4.52 Å². The fourth-order valence-electron chi connectivity index (χ4n) is 2.70. The molecule has 0 atom stereocenters. The van der Waals surface area contributed by atoms with Gasteiger partial charge in [0.25, 0.3) is 0 Å². The number of hydrogen-bond donors (Lipinski definition) is 1. The summed E-state index contributed by atoms with van der Waals surface area (Å²) in [4.78, 5) is 11.9. The van der Waals surface area contributed by atoms with E-state index in [9.17, 15) is 4.79 Å². The van der Waals surface area contributed by atoms with Crippen LogP contribution < -0.4 is 5.32 Å². The fraction of sp³-hybridized carbons (Fsp3) is 0.643. The molecule has 23 heavy (non-hydrogen) atoms. The molecule has 1 saturated carbocycles. The molecule has 124 valence electrons. The first-order chi connectivity index (χ1) is 11.2. The van der Waals surface area contributed by atoms with Gasteiger partial charge in [-0.05, 0) is 30.2 Å². The molecule has 3 rings (SSSR count). The van der Waals surface area contributed by atoms with Crippen molar-refractivity contribution in [3.63, 3.8) is 0 Å². The molecule has 1 aliphatic carbocycles. The van der Waals surface area contributed by atoms with Gasteiger partial charge in [0, 0.05) is 18.2 Å². The number of rotatable bonds is 6. The minimum absolute atomic E-state index is 0.0949. The monoisotopic (exact) mass is 336 g/mol. The number of nitrogens with one attached hydrogen (secondary N) is 1. The van der Waals surface area contributed by atoms with Gasteiger partial charge in [0.1, 0.15) is 5.76 Å². The third-order valence-electron chi connectivity index (χ3n) is 3.84. The SMILES string of the molecule is Cc1cc(NC(=O)CCSc2nnnn2C2CCCCC2)no1. The second-order valence-corrected chi connectivity index (χ2v) is 6.73. The van der Waals surface area contributed by atoms with Crippen LogP contribution in [0.1, 0.15) is 50.3 Å². The molecule has 0 radical (unpaired) electrons. The lowest BCUT2D eigenvalue weighted by atomic mass is 9.96. The van der Waals surface area contributed by atoms with Crippen LogP contribution in [0.15, 0.2) is 15.7 Å². The van der Waals surface area contributed by atoms with Crippen LogP contribution in [-0.4, -0.2) is 37.0 Å². The summed E-state index contributed by atoms with van der Waals surface area (Å²) in [6.07, 6.45) is 6.38.